The van der Waals surface area contributed by atoms with Crippen molar-refractivity contribution in [2.24, 2.45) is 17.8 Å². The summed E-state index contributed by atoms with van der Waals surface area (Å²) in [4.78, 5) is 25.3. The lowest BCUT2D eigenvalue weighted by Gasteiger charge is -2.37. The lowest BCUT2D eigenvalue weighted by molar-refractivity contribution is -0.162. The fraction of sp³-hybridized carbons (Fsp3) is 0.875. The van der Waals surface area contributed by atoms with Crippen LogP contribution in [0.2, 0.25) is 0 Å². The van der Waals surface area contributed by atoms with Crippen molar-refractivity contribution in [1.29, 1.82) is 0 Å². The summed E-state index contributed by atoms with van der Waals surface area (Å²) >= 11 is 0. The van der Waals surface area contributed by atoms with Gasteiger partial charge in [-0.3, -0.25) is 9.59 Å². The molecule has 120 valence electrons. The van der Waals surface area contributed by atoms with Gasteiger partial charge in [0.05, 0.1) is 6.61 Å². The summed E-state index contributed by atoms with van der Waals surface area (Å²) in [6, 6.07) is 0. The van der Waals surface area contributed by atoms with Crippen LogP contribution in [0.3, 0.4) is 0 Å². The van der Waals surface area contributed by atoms with Crippen LogP contribution in [0.5, 0.6) is 0 Å². The Labute approximate surface area is 127 Å². The second-order valence-corrected chi connectivity index (χ2v) is 6.72. The molecule has 5 heteroatoms. The number of hydrogen-bond donors (Lipinski definition) is 0. The van der Waals surface area contributed by atoms with Crippen molar-refractivity contribution in [3.05, 3.63) is 0 Å². The van der Waals surface area contributed by atoms with Gasteiger partial charge in [-0.1, -0.05) is 27.2 Å². The van der Waals surface area contributed by atoms with E-state index in [2.05, 4.69) is 20.8 Å². The topological polar surface area (TPSA) is 55.8 Å². The Hall–Kier alpha value is -1.10. The zero-order valence-electron chi connectivity index (χ0n) is 13.3. The minimum Gasteiger partial charge on any atom is -0.461 e. The quantitative estimate of drug-likeness (QED) is 0.743. The molecular weight excluding hydrogens is 270 g/mol. The van der Waals surface area contributed by atoms with Crippen molar-refractivity contribution < 1.29 is 19.1 Å². The van der Waals surface area contributed by atoms with Crippen LogP contribution in [0.25, 0.3) is 0 Å². The first kappa shape index (κ1) is 16.3. The molecule has 1 amide bonds. The average molecular weight is 297 g/mol. The van der Waals surface area contributed by atoms with E-state index in [9.17, 15) is 9.59 Å². The Morgan fingerprint density at radius 1 is 1.43 bits per heavy atom. The van der Waals surface area contributed by atoms with Crippen molar-refractivity contribution in [1.82, 2.24) is 4.90 Å². The number of ether oxygens (including phenoxy) is 2. The first-order valence-electron chi connectivity index (χ1n) is 8.02. The molecule has 1 aliphatic heterocycles. The van der Waals surface area contributed by atoms with E-state index in [1.807, 2.05) is 0 Å². The molecule has 0 aromatic heterocycles. The standard InChI is InChI=1S/C16H27NO4/c1-11(2)13-5-4-12(3)8-14(13)21-16(19)9-17-6-7-20-10-15(17)18/h11-14H,4-10H2,1-3H3/t12-,13-,14+/m1/s1. The third-order valence-electron chi connectivity index (χ3n) is 4.65. The van der Waals surface area contributed by atoms with Gasteiger partial charge in [0.1, 0.15) is 19.3 Å². The molecule has 0 spiro atoms. The van der Waals surface area contributed by atoms with Gasteiger partial charge < -0.3 is 14.4 Å². The maximum absolute atomic E-state index is 12.1. The molecule has 1 saturated heterocycles. The zero-order valence-corrected chi connectivity index (χ0v) is 13.3. The molecule has 0 aromatic carbocycles. The molecule has 1 heterocycles. The van der Waals surface area contributed by atoms with Crippen LogP contribution in [0.15, 0.2) is 0 Å². The van der Waals surface area contributed by atoms with E-state index in [0.717, 1.165) is 12.8 Å². The molecule has 5 nitrogen and oxygen atoms in total. The molecule has 0 unspecified atom stereocenters. The monoisotopic (exact) mass is 297 g/mol. The van der Waals surface area contributed by atoms with Crippen LogP contribution in [-0.2, 0) is 19.1 Å². The Balaban J connectivity index is 1.88. The van der Waals surface area contributed by atoms with Gasteiger partial charge in [0, 0.05) is 6.54 Å². The van der Waals surface area contributed by atoms with Gasteiger partial charge in [-0.15, -0.1) is 0 Å². The van der Waals surface area contributed by atoms with Gasteiger partial charge in [0.25, 0.3) is 0 Å². The van der Waals surface area contributed by atoms with Crippen molar-refractivity contribution in [3.63, 3.8) is 0 Å². The molecule has 3 atom stereocenters. The molecule has 1 saturated carbocycles. The van der Waals surface area contributed by atoms with Gasteiger partial charge >= 0.3 is 5.97 Å². The van der Waals surface area contributed by atoms with Crippen molar-refractivity contribution in [3.8, 4) is 0 Å². The Kier molecular flexibility index (Phi) is 5.62. The Morgan fingerprint density at radius 3 is 2.86 bits per heavy atom. The van der Waals surface area contributed by atoms with E-state index in [0.29, 0.717) is 30.9 Å². The van der Waals surface area contributed by atoms with E-state index in [-0.39, 0.29) is 31.1 Å². The van der Waals surface area contributed by atoms with Gasteiger partial charge in [-0.25, -0.2) is 0 Å². The number of nitrogens with zero attached hydrogens (tertiary/aromatic N) is 1. The average Bonchev–Trinajstić information content (AvgIpc) is 2.41. The van der Waals surface area contributed by atoms with Crippen molar-refractivity contribution in [2.75, 3.05) is 26.3 Å². The van der Waals surface area contributed by atoms with Gasteiger partial charge in [0.2, 0.25) is 5.91 Å². The summed E-state index contributed by atoms with van der Waals surface area (Å²) in [6.45, 7) is 7.68. The summed E-state index contributed by atoms with van der Waals surface area (Å²) in [5.41, 5.74) is 0. The molecule has 0 aromatic rings. The van der Waals surface area contributed by atoms with E-state index >= 15 is 0 Å². The fourth-order valence-electron chi connectivity index (χ4n) is 3.33. The second kappa shape index (κ2) is 7.25. The van der Waals surface area contributed by atoms with Gasteiger partial charge in [-0.05, 0) is 30.6 Å². The van der Waals surface area contributed by atoms with E-state index in [1.165, 1.54) is 11.3 Å². The Bertz CT molecular complexity index is 382. The predicted octanol–water partition coefficient (Wildman–Crippen LogP) is 1.85. The smallest absolute Gasteiger partial charge is 0.325 e. The fourth-order valence-corrected chi connectivity index (χ4v) is 3.33. The van der Waals surface area contributed by atoms with Crippen LogP contribution < -0.4 is 0 Å². The number of amides is 1. The molecule has 2 aliphatic rings. The molecular formula is C16H27NO4. The molecule has 0 N–H and O–H groups in total. The van der Waals surface area contributed by atoms with Crippen molar-refractivity contribution >= 4 is 11.9 Å². The maximum Gasteiger partial charge on any atom is 0.325 e. The van der Waals surface area contributed by atoms with Crippen LogP contribution in [0.1, 0.15) is 40.0 Å². The lowest BCUT2D eigenvalue weighted by atomic mass is 9.75. The van der Waals surface area contributed by atoms with Crippen LogP contribution in [0.4, 0.5) is 0 Å². The van der Waals surface area contributed by atoms with Gasteiger partial charge in [-0.2, -0.15) is 0 Å². The number of hydrogen-bond acceptors (Lipinski definition) is 4. The molecule has 0 bridgehead atoms. The lowest BCUT2D eigenvalue weighted by Crippen LogP contribution is -2.46. The number of carbonyl (C=O) groups is 2. The zero-order chi connectivity index (χ0) is 15.4. The summed E-state index contributed by atoms with van der Waals surface area (Å²) in [5, 5.41) is 0. The summed E-state index contributed by atoms with van der Waals surface area (Å²) in [7, 11) is 0. The Morgan fingerprint density at radius 2 is 2.19 bits per heavy atom. The largest absolute Gasteiger partial charge is 0.461 e. The summed E-state index contributed by atoms with van der Waals surface area (Å²) < 4.78 is 10.8. The second-order valence-electron chi connectivity index (χ2n) is 6.72. The number of carbonyl (C=O) groups excluding carboxylic acids is 2. The van der Waals surface area contributed by atoms with E-state index in [4.69, 9.17) is 9.47 Å². The first-order valence-corrected chi connectivity index (χ1v) is 8.02. The maximum atomic E-state index is 12.1. The highest BCUT2D eigenvalue weighted by molar-refractivity contribution is 5.83. The van der Waals surface area contributed by atoms with Crippen LogP contribution in [0, 0.1) is 17.8 Å². The predicted molar refractivity (Wildman–Crippen MR) is 78.6 cm³/mol. The van der Waals surface area contributed by atoms with Crippen molar-refractivity contribution in [2.45, 2.75) is 46.1 Å². The highest BCUT2D eigenvalue weighted by Crippen LogP contribution is 2.35. The molecule has 2 rings (SSSR count). The SMILES string of the molecule is CC(C)[C@H]1CC[C@@H](C)C[C@@H]1OC(=O)CN1CCOCC1=O. The summed E-state index contributed by atoms with van der Waals surface area (Å²) in [6.07, 6.45) is 3.26. The van der Waals surface area contributed by atoms with E-state index < -0.39 is 0 Å². The number of esters is 1. The highest BCUT2D eigenvalue weighted by Gasteiger charge is 2.34. The van der Waals surface area contributed by atoms with E-state index in [1.54, 1.807) is 0 Å². The molecule has 21 heavy (non-hydrogen) atoms. The highest BCUT2D eigenvalue weighted by atomic mass is 16.5. The third-order valence-corrected chi connectivity index (χ3v) is 4.65. The molecule has 2 fully saturated rings. The minimum absolute atomic E-state index is 0.00241. The molecule has 0 radical (unpaired) electrons. The normalized spacial score (nSPS) is 30.6. The van der Waals surface area contributed by atoms with Crippen LogP contribution in [-0.4, -0.2) is 49.2 Å². The summed E-state index contributed by atoms with van der Waals surface area (Å²) in [5.74, 6) is 1.14. The third kappa shape index (κ3) is 4.43. The minimum atomic E-state index is -0.282. The number of rotatable bonds is 4. The molecule has 1 aliphatic carbocycles. The first-order chi connectivity index (χ1) is 9.97. The van der Waals surface area contributed by atoms with Crippen LogP contribution >= 0.6 is 0 Å². The number of morpholine rings is 1. The van der Waals surface area contributed by atoms with Gasteiger partial charge in [0.15, 0.2) is 0 Å².